The predicted molar refractivity (Wildman–Crippen MR) is 185 cm³/mol. The van der Waals surface area contributed by atoms with Gasteiger partial charge in [-0.15, -0.1) is 0 Å². The Kier molecular flexibility index (Phi) is 8.64. The van der Waals surface area contributed by atoms with Crippen LogP contribution in [0.1, 0.15) is 46.1 Å². The van der Waals surface area contributed by atoms with Gasteiger partial charge in [-0.1, -0.05) is 36.1 Å². The van der Waals surface area contributed by atoms with Crippen molar-refractivity contribution in [2.75, 3.05) is 16.7 Å². The number of para-hydroxylation sites is 1. The molecule has 14 nitrogen and oxygen atoms in total. The number of nitrogen functional groups attached to an aromatic ring is 1. The van der Waals surface area contributed by atoms with E-state index in [0.29, 0.717) is 27.7 Å². The zero-order valence-electron chi connectivity index (χ0n) is 26.8. The van der Waals surface area contributed by atoms with Crippen LogP contribution >= 0.6 is 0 Å². The third kappa shape index (κ3) is 6.85. The lowest BCUT2D eigenvalue weighted by molar-refractivity contribution is 0.0933. The molecule has 0 spiro atoms. The number of hydrogen-bond donors (Lipinski definition) is 3. The Morgan fingerprint density at radius 1 is 0.980 bits per heavy atom. The SMILES string of the molecule is Cc1c(C#Cc2cccc3nc([C@@H](C)NC(=O)c4nc(-c5cncc(NS(C)(=O)=O)c5)cnc4N)n(-c4ccccc4)c(=O)c23)cnn1C. The molecule has 0 saturated heterocycles. The summed E-state index contributed by atoms with van der Waals surface area (Å²) in [6.45, 7) is 3.60. The molecule has 6 aromatic rings. The molecule has 0 fully saturated rings. The van der Waals surface area contributed by atoms with Gasteiger partial charge in [0.2, 0.25) is 10.0 Å². The highest BCUT2D eigenvalue weighted by Gasteiger charge is 2.23. The second kappa shape index (κ2) is 13.0. The van der Waals surface area contributed by atoms with Crippen molar-refractivity contribution in [1.29, 1.82) is 0 Å². The van der Waals surface area contributed by atoms with Crippen molar-refractivity contribution in [3.05, 3.63) is 118 Å². The normalized spacial score (nSPS) is 11.8. The Hall–Kier alpha value is -6.40. The molecule has 49 heavy (non-hydrogen) atoms. The third-order valence-corrected chi connectivity index (χ3v) is 8.20. The average Bonchev–Trinajstić information content (AvgIpc) is 3.39. The summed E-state index contributed by atoms with van der Waals surface area (Å²) < 4.78 is 28.9. The van der Waals surface area contributed by atoms with E-state index in [1.54, 1.807) is 60.3 Å². The fourth-order valence-corrected chi connectivity index (χ4v) is 5.65. The van der Waals surface area contributed by atoms with Crippen LogP contribution in [0.25, 0.3) is 27.8 Å². The van der Waals surface area contributed by atoms with Gasteiger partial charge in [0.05, 0.1) is 70.1 Å². The molecule has 4 aromatic heterocycles. The lowest BCUT2D eigenvalue weighted by Gasteiger charge is -2.20. The van der Waals surface area contributed by atoms with Gasteiger partial charge in [0.1, 0.15) is 5.82 Å². The van der Waals surface area contributed by atoms with Crippen molar-refractivity contribution < 1.29 is 13.2 Å². The molecule has 1 amide bonds. The van der Waals surface area contributed by atoms with Crippen LogP contribution in [0.5, 0.6) is 0 Å². The minimum atomic E-state index is -3.55. The van der Waals surface area contributed by atoms with Crippen molar-refractivity contribution in [3.63, 3.8) is 0 Å². The van der Waals surface area contributed by atoms with Gasteiger partial charge < -0.3 is 11.1 Å². The van der Waals surface area contributed by atoms with Gasteiger partial charge in [-0.3, -0.25) is 28.5 Å². The van der Waals surface area contributed by atoms with Crippen molar-refractivity contribution in [2.45, 2.75) is 19.9 Å². The second-order valence-electron chi connectivity index (χ2n) is 11.2. The number of aryl methyl sites for hydroxylation is 1. The lowest BCUT2D eigenvalue weighted by atomic mass is 10.1. The largest absolute Gasteiger partial charge is 0.382 e. The van der Waals surface area contributed by atoms with Crippen LogP contribution < -0.4 is 21.3 Å². The minimum absolute atomic E-state index is 0.134. The number of nitrogens with one attached hydrogen (secondary N) is 2. The molecule has 0 unspecified atom stereocenters. The van der Waals surface area contributed by atoms with Crippen LogP contribution in [0.15, 0.2) is 84.2 Å². The molecule has 0 aliphatic rings. The zero-order chi connectivity index (χ0) is 34.9. The lowest BCUT2D eigenvalue weighted by Crippen LogP contribution is -2.34. The number of pyridine rings is 1. The molecule has 6 rings (SSSR count). The van der Waals surface area contributed by atoms with Crippen molar-refractivity contribution in [2.24, 2.45) is 7.05 Å². The minimum Gasteiger partial charge on any atom is -0.382 e. The molecule has 0 radical (unpaired) electrons. The smallest absolute Gasteiger partial charge is 0.274 e. The summed E-state index contributed by atoms with van der Waals surface area (Å²) in [6.07, 6.45) is 6.83. The van der Waals surface area contributed by atoms with E-state index in [4.69, 9.17) is 10.7 Å². The summed E-state index contributed by atoms with van der Waals surface area (Å²) in [5.41, 5.74) is 9.46. The first-order chi connectivity index (χ1) is 23.4. The maximum atomic E-state index is 14.3. The number of nitrogens with zero attached hydrogens (tertiary/aromatic N) is 7. The molecule has 0 aliphatic carbocycles. The highest BCUT2D eigenvalue weighted by Crippen LogP contribution is 2.23. The average molecular weight is 675 g/mol. The fourth-order valence-electron chi connectivity index (χ4n) is 5.11. The number of anilines is 2. The van der Waals surface area contributed by atoms with Gasteiger partial charge in [0, 0.05) is 24.4 Å². The van der Waals surface area contributed by atoms with E-state index in [1.807, 2.05) is 20.0 Å². The maximum Gasteiger partial charge on any atom is 0.274 e. The Bertz CT molecular complexity index is 2480. The summed E-state index contributed by atoms with van der Waals surface area (Å²) in [5, 5.41) is 7.42. The Labute approximate surface area is 281 Å². The molecule has 4 N–H and O–H groups in total. The van der Waals surface area contributed by atoms with E-state index >= 15 is 0 Å². The standard InChI is InChI=1S/C34H30N10O4S/c1-20(39-33(45)30-31(35)37-19-28(40-30)24-15-25(18-36-16-24)42-49(4,47)48)32-41-27-12-8-9-22(13-14-23-17-38-43(3)21(23)2)29(27)34(46)44(32)26-10-6-5-7-11-26/h5-12,15-20,42H,1-4H3,(H2,35,37)(H,39,45)/t20-/m1/s1. The number of hydrogen-bond acceptors (Lipinski definition) is 10. The summed E-state index contributed by atoms with van der Waals surface area (Å²) in [4.78, 5) is 45.4. The van der Waals surface area contributed by atoms with Crippen molar-refractivity contribution >= 4 is 38.3 Å². The summed E-state index contributed by atoms with van der Waals surface area (Å²) >= 11 is 0. The predicted octanol–water partition coefficient (Wildman–Crippen LogP) is 3.12. The number of rotatable bonds is 7. The van der Waals surface area contributed by atoms with Gasteiger partial charge in [0.25, 0.3) is 11.5 Å². The van der Waals surface area contributed by atoms with E-state index < -0.39 is 22.0 Å². The fraction of sp³-hybridized carbons (Fsp3) is 0.147. The topological polar surface area (TPSA) is 193 Å². The Balaban J connectivity index is 1.39. The van der Waals surface area contributed by atoms with E-state index in [1.165, 1.54) is 29.2 Å². The van der Waals surface area contributed by atoms with Crippen LogP contribution in [-0.4, -0.2) is 54.9 Å². The Morgan fingerprint density at radius 2 is 1.73 bits per heavy atom. The van der Waals surface area contributed by atoms with Crippen LogP contribution in [0, 0.1) is 18.8 Å². The summed E-state index contributed by atoms with van der Waals surface area (Å²) in [6, 6.07) is 14.9. The van der Waals surface area contributed by atoms with Crippen LogP contribution in [0.4, 0.5) is 11.5 Å². The number of nitrogens with two attached hydrogens (primary N) is 1. The van der Waals surface area contributed by atoms with E-state index in [-0.39, 0.29) is 34.3 Å². The number of carbonyl (C=O) groups excluding carboxylic acids is 1. The number of carbonyl (C=O) groups is 1. The quantitative estimate of drug-likeness (QED) is 0.212. The molecule has 4 heterocycles. The summed E-state index contributed by atoms with van der Waals surface area (Å²) in [5.74, 6) is 5.70. The number of benzene rings is 2. The molecule has 1 atom stereocenters. The summed E-state index contributed by atoms with van der Waals surface area (Å²) in [7, 11) is -1.72. The molecule has 0 saturated carbocycles. The van der Waals surface area contributed by atoms with Crippen molar-refractivity contribution in [1.82, 2.24) is 39.6 Å². The Morgan fingerprint density at radius 3 is 2.45 bits per heavy atom. The van der Waals surface area contributed by atoms with Crippen LogP contribution in [0.3, 0.4) is 0 Å². The van der Waals surface area contributed by atoms with E-state index in [0.717, 1.165) is 17.5 Å². The van der Waals surface area contributed by atoms with Crippen LogP contribution in [0.2, 0.25) is 0 Å². The second-order valence-corrected chi connectivity index (χ2v) is 12.9. The molecule has 0 bridgehead atoms. The third-order valence-electron chi connectivity index (χ3n) is 7.59. The number of sulfonamides is 1. The van der Waals surface area contributed by atoms with Gasteiger partial charge in [0.15, 0.2) is 11.5 Å². The molecular formula is C34H30N10O4S. The van der Waals surface area contributed by atoms with Gasteiger partial charge in [-0.25, -0.2) is 23.4 Å². The molecule has 15 heteroatoms. The van der Waals surface area contributed by atoms with E-state index in [9.17, 15) is 18.0 Å². The van der Waals surface area contributed by atoms with Crippen molar-refractivity contribution in [3.8, 4) is 28.8 Å². The van der Waals surface area contributed by atoms with Gasteiger partial charge >= 0.3 is 0 Å². The van der Waals surface area contributed by atoms with Gasteiger partial charge in [-0.2, -0.15) is 5.10 Å². The molecule has 246 valence electrons. The first-order valence-corrected chi connectivity index (χ1v) is 16.8. The number of fused-ring (bicyclic) bond motifs is 1. The molecule has 0 aliphatic heterocycles. The first-order valence-electron chi connectivity index (χ1n) is 14.9. The van der Waals surface area contributed by atoms with E-state index in [2.05, 4.69) is 41.9 Å². The number of aromatic nitrogens is 7. The monoisotopic (exact) mass is 674 g/mol. The van der Waals surface area contributed by atoms with Crippen LogP contribution in [-0.2, 0) is 17.1 Å². The maximum absolute atomic E-state index is 14.3. The first kappa shape index (κ1) is 32.5. The highest BCUT2D eigenvalue weighted by molar-refractivity contribution is 7.92. The zero-order valence-corrected chi connectivity index (χ0v) is 27.6. The molecule has 2 aromatic carbocycles. The van der Waals surface area contributed by atoms with Gasteiger partial charge in [-0.05, 0) is 44.2 Å². The molecular weight excluding hydrogens is 645 g/mol. The highest BCUT2D eigenvalue weighted by atomic mass is 32.2. The number of amides is 1.